The van der Waals surface area contributed by atoms with Gasteiger partial charge in [0.1, 0.15) is 4.34 Å². The lowest BCUT2D eigenvalue weighted by Gasteiger charge is -2.02. The molecular formula is C12H12ClNO4S3. The normalized spacial score (nSPS) is 13.3. The Morgan fingerprint density at radius 1 is 1.33 bits per heavy atom. The predicted octanol–water partition coefficient (Wildman–Crippen LogP) is 2.04. The number of nitrogens with zero attached hydrogens (tertiary/aromatic N) is 1. The highest BCUT2D eigenvalue weighted by Gasteiger charge is 2.26. The van der Waals surface area contributed by atoms with Crippen molar-refractivity contribution in [2.75, 3.05) is 12.4 Å². The van der Waals surface area contributed by atoms with Gasteiger partial charge < -0.3 is 5.11 Å². The zero-order valence-corrected chi connectivity index (χ0v) is 14.2. The van der Waals surface area contributed by atoms with E-state index in [0.29, 0.717) is 0 Å². The Kier molecular flexibility index (Phi) is 5.15. The first-order valence-corrected chi connectivity index (χ1v) is 9.83. The van der Waals surface area contributed by atoms with Crippen LogP contribution in [0.1, 0.15) is 5.56 Å². The number of aliphatic hydroxyl groups is 1. The minimum atomic E-state index is -3.84. The molecule has 0 aliphatic rings. The van der Waals surface area contributed by atoms with Gasteiger partial charge in [-0.15, -0.1) is 0 Å². The molecule has 0 aliphatic carbocycles. The van der Waals surface area contributed by atoms with Crippen LogP contribution in [0.2, 0.25) is 4.34 Å². The van der Waals surface area contributed by atoms with Gasteiger partial charge in [0.25, 0.3) is 0 Å². The molecule has 0 fully saturated rings. The first kappa shape index (κ1) is 16.6. The monoisotopic (exact) mass is 365 g/mol. The van der Waals surface area contributed by atoms with Crippen LogP contribution in [-0.2, 0) is 20.6 Å². The van der Waals surface area contributed by atoms with Crippen LogP contribution in [0.15, 0.2) is 38.5 Å². The third-order valence-electron chi connectivity index (χ3n) is 2.60. The van der Waals surface area contributed by atoms with Crippen LogP contribution in [0.3, 0.4) is 0 Å². The number of thiazole rings is 1. The van der Waals surface area contributed by atoms with Gasteiger partial charge in [-0.3, -0.25) is 4.21 Å². The van der Waals surface area contributed by atoms with E-state index in [1.165, 1.54) is 12.1 Å². The second kappa shape index (κ2) is 6.53. The van der Waals surface area contributed by atoms with Gasteiger partial charge in [0.15, 0.2) is 9.37 Å². The lowest BCUT2D eigenvalue weighted by atomic mass is 10.2. The van der Waals surface area contributed by atoms with E-state index in [2.05, 4.69) is 4.98 Å². The number of sulfone groups is 1. The number of hydrogen-bond acceptors (Lipinski definition) is 6. The highest BCUT2D eigenvalue weighted by atomic mass is 35.5. The fraction of sp³-hybridized carbons (Fsp3) is 0.250. The van der Waals surface area contributed by atoms with E-state index in [1.807, 2.05) is 6.92 Å². The average Bonchev–Trinajstić information content (AvgIpc) is 2.82. The smallest absolute Gasteiger partial charge is 0.226 e. The molecule has 0 bridgehead atoms. The Bertz CT molecular complexity index is 768. The Hall–Kier alpha value is -0.800. The third kappa shape index (κ3) is 3.51. The van der Waals surface area contributed by atoms with Crippen molar-refractivity contribution in [3.05, 3.63) is 34.2 Å². The molecule has 1 aromatic carbocycles. The van der Waals surface area contributed by atoms with Crippen LogP contribution >= 0.6 is 22.9 Å². The molecule has 114 valence electrons. The van der Waals surface area contributed by atoms with Gasteiger partial charge in [-0.25, -0.2) is 13.4 Å². The number of rotatable bonds is 5. The molecule has 1 heterocycles. The maximum atomic E-state index is 12.5. The fourth-order valence-corrected chi connectivity index (χ4v) is 5.77. The second-order valence-corrected chi connectivity index (χ2v) is 9.36. The molecule has 2 aromatic rings. The Morgan fingerprint density at radius 2 is 1.95 bits per heavy atom. The van der Waals surface area contributed by atoms with Crippen molar-refractivity contribution in [1.82, 2.24) is 4.98 Å². The van der Waals surface area contributed by atoms with Crippen LogP contribution < -0.4 is 0 Å². The quantitative estimate of drug-likeness (QED) is 0.876. The van der Waals surface area contributed by atoms with Gasteiger partial charge in [0.2, 0.25) is 9.84 Å². The standard InChI is InChI=1S/C12H12ClNO4S3/c1-8-2-4-9(5-3-8)21(17,18)11-10(13)19-12(14-11)20(16)7-6-15/h2-5,15H,6-7H2,1H3/t20-/m0/s1. The van der Waals surface area contributed by atoms with Crippen molar-refractivity contribution in [3.63, 3.8) is 0 Å². The minimum Gasteiger partial charge on any atom is -0.395 e. The summed E-state index contributed by atoms with van der Waals surface area (Å²) in [4.78, 5) is 3.97. The fourth-order valence-electron chi connectivity index (χ4n) is 1.53. The molecule has 0 radical (unpaired) electrons. The topological polar surface area (TPSA) is 84.3 Å². The van der Waals surface area contributed by atoms with Crippen LogP contribution in [0.25, 0.3) is 0 Å². The van der Waals surface area contributed by atoms with E-state index in [0.717, 1.165) is 16.9 Å². The van der Waals surface area contributed by atoms with Crippen LogP contribution in [-0.4, -0.2) is 35.1 Å². The number of benzene rings is 1. The molecule has 0 saturated carbocycles. The summed E-state index contributed by atoms with van der Waals surface area (Å²) in [6.07, 6.45) is 0. The maximum Gasteiger partial charge on any atom is 0.226 e. The summed E-state index contributed by atoms with van der Waals surface area (Å²) in [5.41, 5.74) is 0.933. The number of aromatic nitrogens is 1. The third-order valence-corrected chi connectivity index (χ3v) is 7.42. The summed E-state index contributed by atoms with van der Waals surface area (Å²) in [7, 11) is -5.40. The van der Waals surface area contributed by atoms with Crippen LogP contribution in [0.4, 0.5) is 0 Å². The average molecular weight is 366 g/mol. The number of hydrogen-bond donors (Lipinski definition) is 1. The molecule has 21 heavy (non-hydrogen) atoms. The molecule has 1 N–H and O–H groups in total. The zero-order chi connectivity index (χ0) is 15.6. The highest BCUT2D eigenvalue weighted by molar-refractivity contribution is 7.92. The Morgan fingerprint density at radius 3 is 2.52 bits per heavy atom. The van der Waals surface area contributed by atoms with Gasteiger partial charge in [0.05, 0.1) is 28.1 Å². The minimum absolute atomic E-state index is 0.00609. The van der Waals surface area contributed by atoms with Gasteiger partial charge >= 0.3 is 0 Å². The van der Waals surface area contributed by atoms with Gasteiger partial charge in [0, 0.05) is 0 Å². The number of aliphatic hydroxyl groups excluding tert-OH is 1. The molecule has 0 saturated heterocycles. The van der Waals surface area contributed by atoms with Crippen molar-refractivity contribution < 1.29 is 17.7 Å². The lowest BCUT2D eigenvalue weighted by Crippen LogP contribution is -2.05. The molecule has 0 unspecified atom stereocenters. The zero-order valence-electron chi connectivity index (χ0n) is 10.9. The molecule has 0 amide bonds. The van der Waals surface area contributed by atoms with Gasteiger partial charge in [-0.1, -0.05) is 40.6 Å². The predicted molar refractivity (Wildman–Crippen MR) is 82.1 cm³/mol. The summed E-state index contributed by atoms with van der Waals surface area (Å²) < 4.78 is 36.8. The lowest BCUT2D eigenvalue weighted by molar-refractivity contribution is 0.321. The van der Waals surface area contributed by atoms with E-state index in [-0.39, 0.29) is 31.0 Å². The van der Waals surface area contributed by atoms with E-state index >= 15 is 0 Å². The molecule has 5 nitrogen and oxygen atoms in total. The Balaban J connectivity index is 2.46. The molecular weight excluding hydrogens is 354 g/mol. The SMILES string of the molecule is Cc1ccc(S(=O)(=O)c2nc([S@@](=O)CCO)sc2Cl)cc1. The van der Waals surface area contributed by atoms with E-state index in [4.69, 9.17) is 16.7 Å². The van der Waals surface area contributed by atoms with Crippen LogP contribution in [0, 0.1) is 6.92 Å². The molecule has 0 spiro atoms. The largest absolute Gasteiger partial charge is 0.395 e. The summed E-state index contributed by atoms with van der Waals surface area (Å²) >= 11 is 6.79. The number of aryl methyl sites for hydroxylation is 1. The number of halogens is 1. The van der Waals surface area contributed by atoms with Crippen LogP contribution in [0.5, 0.6) is 0 Å². The van der Waals surface area contributed by atoms with E-state index in [1.54, 1.807) is 12.1 Å². The van der Waals surface area contributed by atoms with Gasteiger partial charge in [-0.2, -0.15) is 0 Å². The highest BCUT2D eigenvalue weighted by Crippen LogP contribution is 2.33. The summed E-state index contributed by atoms with van der Waals surface area (Å²) in [6.45, 7) is 1.58. The second-order valence-electron chi connectivity index (χ2n) is 4.15. The summed E-state index contributed by atoms with van der Waals surface area (Å²) in [5, 5.41) is 8.48. The van der Waals surface area contributed by atoms with Crippen molar-refractivity contribution in [1.29, 1.82) is 0 Å². The van der Waals surface area contributed by atoms with E-state index < -0.39 is 20.6 Å². The summed E-state index contributed by atoms with van der Waals surface area (Å²) in [6, 6.07) is 6.31. The maximum absolute atomic E-state index is 12.5. The molecule has 1 aromatic heterocycles. The first-order chi connectivity index (χ1) is 9.86. The van der Waals surface area contributed by atoms with E-state index in [9.17, 15) is 12.6 Å². The Labute approximate surface area is 134 Å². The van der Waals surface area contributed by atoms with Crippen molar-refractivity contribution in [2.24, 2.45) is 0 Å². The molecule has 2 rings (SSSR count). The van der Waals surface area contributed by atoms with Crippen molar-refractivity contribution in [3.8, 4) is 0 Å². The van der Waals surface area contributed by atoms with Gasteiger partial charge in [-0.05, 0) is 19.1 Å². The molecule has 9 heteroatoms. The molecule has 0 aliphatic heterocycles. The summed E-state index contributed by atoms with van der Waals surface area (Å²) in [5.74, 6) is -0.00609. The van der Waals surface area contributed by atoms with Crippen molar-refractivity contribution in [2.45, 2.75) is 21.2 Å². The first-order valence-electron chi connectivity index (χ1n) is 5.83. The van der Waals surface area contributed by atoms with Crippen molar-refractivity contribution >= 4 is 43.6 Å². The molecule has 1 atom stereocenters.